The molecule has 0 aromatic carbocycles. The zero-order valence-corrected chi connectivity index (χ0v) is 16.8. The van der Waals surface area contributed by atoms with Crippen LogP contribution in [0.1, 0.15) is 13.8 Å². The number of hydrogen-bond donors (Lipinski definition) is 0. The van der Waals surface area contributed by atoms with Gasteiger partial charge in [0.25, 0.3) is 0 Å². The molecule has 0 radical (unpaired) electrons. The molecule has 0 N–H and O–H groups in total. The van der Waals surface area contributed by atoms with E-state index in [0.29, 0.717) is 24.7 Å². The van der Waals surface area contributed by atoms with E-state index in [1.165, 1.54) is 6.08 Å². The second-order valence-electron chi connectivity index (χ2n) is 7.73. The molecule has 0 aliphatic carbocycles. The lowest BCUT2D eigenvalue weighted by Gasteiger charge is -2.42. The van der Waals surface area contributed by atoms with Crippen LogP contribution in [0.25, 0.3) is 16.8 Å². The Morgan fingerprint density at radius 3 is 2.97 bits per heavy atom. The van der Waals surface area contributed by atoms with Gasteiger partial charge in [-0.1, -0.05) is 6.58 Å². The molecule has 0 bridgehead atoms. The molecule has 1 unspecified atom stereocenters. The third-order valence-corrected chi connectivity index (χ3v) is 4.73. The molecule has 9 nitrogen and oxygen atoms in total. The van der Waals surface area contributed by atoms with Crippen LogP contribution in [0.15, 0.2) is 43.5 Å². The normalized spacial score (nSPS) is 18.7. The maximum atomic E-state index is 12.1. The van der Waals surface area contributed by atoms with Crippen molar-refractivity contribution in [3.05, 3.63) is 43.5 Å². The van der Waals surface area contributed by atoms with Gasteiger partial charge in [0, 0.05) is 25.4 Å². The predicted octanol–water partition coefficient (Wildman–Crippen LogP) is 1.70. The smallest absolute Gasteiger partial charge is 0.246 e. The molecule has 3 aromatic rings. The highest BCUT2D eigenvalue weighted by Crippen LogP contribution is 2.26. The first kappa shape index (κ1) is 19.1. The second kappa shape index (κ2) is 7.32. The van der Waals surface area contributed by atoms with E-state index in [1.807, 2.05) is 39.4 Å². The van der Waals surface area contributed by atoms with Crippen molar-refractivity contribution in [1.29, 1.82) is 0 Å². The lowest BCUT2D eigenvalue weighted by Crippen LogP contribution is -2.55. The Labute approximate surface area is 168 Å². The molecule has 1 aliphatic heterocycles. The SMILES string of the molecule is C=CC(=O)N1CC(COc2nc(-c3cnn(C)c3)cn3nccc23)OC(C)(C)C1. The molecule has 29 heavy (non-hydrogen) atoms. The largest absolute Gasteiger partial charge is 0.473 e. The van der Waals surface area contributed by atoms with Crippen LogP contribution in [-0.2, 0) is 16.6 Å². The van der Waals surface area contributed by atoms with E-state index in [0.717, 1.165) is 11.1 Å². The summed E-state index contributed by atoms with van der Waals surface area (Å²) < 4.78 is 15.6. The van der Waals surface area contributed by atoms with Gasteiger partial charge in [0.1, 0.15) is 18.2 Å². The zero-order valence-electron chi connectivity index (χ0n) is 16.8. The van der Waals surface area contributed by atoms with Gasteiger partial charge in [-0.2, -0.15) is 10.2 Å². The molecule has 1 atom stereocenters. The number of carbonyl (C=O) groups excluding carboxylic acids is 1. The van der Waals surface area contributed by atoms with E-state index >= 15 is 0 Å². The van der Waals surface area contributed by atoms with E-state index < -0.39 is 5.60 Å². The first-order valence-electron chi connectivity index (χ1n) is 9.40. The second-order valence-corrected chi connectivity index (χ2v) is 7.73. The van der Waals surface area contributed by atoms with Crippen molar-refractivity contribution in [3.63, 3.8) is 0 Å². The Morgan fingerprint density at radius 1 is 1.41 bits per heavy atom. The minimum absolute atomic E-state index is 0.110. The summed E-state index contributed by atoms with van der Waals surface area (Å²) in [6, 6.07) is 1.84. The standard InChI is InChI=1S/C20H24N6O3/c1-5-18(27)25-10-15(29-20(2,3)13-25)12-28-19-17-6-7-21-26(17)11-16(23-19)14-8-22-24(4)9-14/h5-9,11,15H,1,10,12-13H2,2-4H3. The first-order valence-corrected chi connectivity index (χ1v) is 9.40. The molecule has 1 amide bonds. The maximum absolute atomic E-state index is 12.1. The van der Waals surface area contributed by atoms with Gasteiger partial charge in [-0.15, -0.1) is 0 Å². The summed E-state index contributed by atoms with van der Waals surface area (Å²) in [5.41, 5.74) is 1.86. The number of ether oxygens (including phenoxy) is 2. The van der Waals surface area contributed by atoms with Gasteiger partial charge in [0.15, 0.2) is 0 Å². The van der Waals surface area contributed by atoms with E-state index in [2.05, 4.69) is 21.8 Å². The highest BCUT2D eigenvalue weighted by Gasteiger charge is 2.35. The number of nitrogens with zero attached hydrogens (tertiary/aromatic N) is 6. The maximum Gasteiger partial charge on any atom is 0.246 e. The number of aryl methyl sites for hydroxylation is 1. The van der Waals surface area contributed by atoms with E-state index in [4.69, 9.17) is 9.47 Å². The molecular formula is C20H24N6O3. The van der Waals surface area contributed by atoms with Crippen molar-refractivity contribution in [3.8, 4) is 17.1 Å². The molecule has 1 saturated heterocycles. The summed E-state index contributed by atoms with van der Waals surface area (Å²) >= 11 is 0. The molecule has 1 fully saturated rings. The van der Waals surface area contributed by atoms with E-state index in [1.54, 1.807) is 26.5 Å². The molecule has 0 saturated carbocycles. The van der Waals surface area contributed by atoms with Crippen molar-refractivity contribution in [2.45, 2.75) is 25.6 Å². The summed E-state index contributed by atoms with van der Waals surface area (Å²) in [6.07, 6.45) is 8.20. The zero-order chi connectivity index (χ0) is 20.6. The van der Waals surface area contributed by atoms with Crippen LogP contribution < -0.4 is 4.74 Å². The Morgan fingerprint density at radius 2 is 2.24 bits per heavy atom. The molecule has 9 heteroatoms. The molecule has 3 aromatic heterocycles. The average molecular weight is 396 g/mol. The molecule has 1 aliphatic rings. The number of amides is 1. The number of rotatable bonds is 5. The summed E-state index contributed by atoms with van der Waals surface area (Å²) in [4.78, 5) is 18.5. The lowest BCUT2D eigenvalue weighted by atomic mass is 10.1. The van der Waals surface area contributed by atoms with Crippen LogP contribution in [0, 0.1) is 0 Å². The lowest BCUT2D eigenvalue weighted by molar-refractivity contribution is -0.162. The summed E-state index contributed by atoms with van der Waals surface area (Å²) in [6.45, 7) is 8.70. The van der Waals surface area contributed by atoms with Crippen LogP contribution in [0.4, 0.5) is 0 Å². The highest BCUT2D eigenvalue weighted by molar-refractivity contribution is 5.87. The van der Waals surface area contributed by atoms with Crippen molar-refractivity contribution < 1.29 is 14.3 Å². The molecule has 152 valence electrons. The molecule has 4 rings (SSSR count). The number of hydrogen-bond acceptors (Lipinski definition) is 6. The van der Waals surface area contributed by atoms with Crippen LogP contribution in [0.5, 0.6) is 5.88 Å². The fourth-order valence-electron chi connectivity index (χ4n) is 3.55. The highest BCUT2D eigenvalue weighted by atomic mass is 16.6. The van der Waals surface area contributed by atoms with Gasteiger partial charge >= 0.3 is 0 Å². The number of carbonyl (C=O) groups is 1. The van der Waals surface area contributed by atoms with Gasteiger partial charge in [0.2, 0.25) is 11.8 Å². The first-order chi connectivity index (χ1) is 13.8. The van der Waals surface area contributed by atoms with Gasteiger partial charge in [0.05, 0.1) is 36.4 Å². The Hall–Kier alpha value is -3.20. The Balaban J connectivity index is 1.57. The Kier molecular flexibility index (Phi) is 4.83. The molecule has 0 spiro atoms. The third-order valence-electron chi connectivity index (χ3n) is 4.73. The summed E-state index contributed by atoms with van der Waals surface area (Å²) in [5.74, 6) is 0.346. The molecule has 4 heterocycles. The van der Waals surface area contributed by atoms with Crippen LogP contribution in [0.3, 0.4) is 0 Å². The minimum atomic E-state index is -0.470. The van der Waals surface area contributed by atoms with Crippen molar-refractivity contribution in [2.24, 2.45) is 7.05 Å². The fraction of sp³-hybridized carbons (Fsp3) is 0.400. The topological polar surface area (TPSA) is 86.8 Å². The van der Waals surface area contributed by atoms with Gasteiger partial charge in [-0.05, 0) is 26.0 Å². The minimum Gasteiger partial charge on any atom is -0.473 e. The van der Waals surface area contributed by atoms with E-state index in [-0.39, 0.29) is 18.6 Å². The van der Waals surface area contributed by atoms with Crippen LogP contribution >= 0.6 is 0 Å². The van der Waals surface area contributed by atoms with Gasteiger partial charge < -0.3 is 14.4 Å². The van der Waals surface area contributed by atoms with Crippen LogP contribution in [0.2, 0.25) is 0 Å². The average Bonchev–Trinajstić information content (AvgIpc) is 3.32. The van der Waals surface area contributed by atoms with Crippen molar-refractivity contribution >= 4 is 11.4 Å². The fourth-order valence-corrected chi connectivity index (χ4v) is 3.55. The monoisotopic (exact) mass is 396 g/mol. The summed E-state index contributed by atoms with van der Waals surface area (Å²) in [7, 11) is 1.85. The third kappa shape index (κ3) is 4.00. The number of morpholine rings is 1. The van der Waals surface area contributed by atoms with Crippen molar-refractivity contribution in [2.75, 3.05) is 19.7 Å². The van der Waals surface area contributed by atoms with Gasteiger partial charge in [-0.3, -0.25) is 9.48 Å². The van der Waals surface area contributed by atoms with Crippen molar-refractivity contribution in [1.82, 2.24) is 29.3 Å². The molecular weight excluding hydrogens is 372 g/mol. The Bertz CT molecular complexity index is 1050. The van der Waals surface area contributed by atoms with Crippen LogP contribution in [-0.4, -0.2) is 66.6 Å². The number of fused-ring (bicyclic) bond motifs is 1. The van der Waals surface area contributed by atoms with Gasteiger partial charge in [-0.25, -0.2) is 9.50 Å². The predicted molar refractivity (Wildman–Crippen MR) is 106 cm³/mol. The van der Waals surface area contributed by atoms with E-state index in [9.17, 15) is 4.79 Å². The quantitative estimate of drug-likeness (QED) is 0.610. The summed E-state index contributed by atoms with van der Waals surface area (Å²) in [5, 5.41) is 8.51. The number of aromatic nitrogens is 5.